The second-order valence-electron chi connectivity index (χ2n) is 6.42. The minimum Gasteiger partial charge on any atom is -0.495 e. The van der Waals surface area contributed by atoms with Crippen LogP contribution in [0.4, 0.5) is 5.69 Å². The van der Waals surface area contributed by atoms with Gasteiger partial charge in [0.05, 0.1) is 24.3 Å². The van der Waals surface area contributed by atoms with Gasteiger partial charge in [-0.25, -0.2) is 8.42 Å². The smallest absolute Gasteiger partial charge is 0.264 e. The number of para-hydroxylation sites is 2. The normalized spacial score (nSPS) is 12.3. The molecule has 0 unspecified atom stereocenters. The van der Waals surface area contributed by atoms with Crippen molar-refractivity contribution >= 4 is 21.6 Å². The molecule has 0 heterocycles. The predicted octanol–water partition coefficient (Wildman–Crippen LogP) is 2.35. The molecular formula is C20H26N2O5S. The van der Waals surface area contributed by atoms with Crippen molar-refractivity contribution in [3.8, 4) is 5.75 Å². The maximum atomic E-state index is 13.3. The Morgan fingerprint density at radius 3 is 2.36 bits per heavy atom. The molecule has 0 bridgehead atoms. The van der Waals surface area contributed by atoms with E-state index in [1.54, 1.807) is 43.3 Å². The summed E-state index contributed by atoms with van der Waals surface area (Å²) in [4.78, 5) is 12.6. The number of carbonyl (C=O) groups excluding carboxylic acids is 1. The monoisotopic (exact) mass is 406 g/mol. The number of ether oxygens (including phenoxy) is 2. The van der Waals surface area contributed by atoms with Crippen molar-refractivity contribution in [3.63, 3.8) is 0 Å². The standard InChI is InChI=1S/C20H26N2O5S/c1-15-9-11-17(12-10-15)28(24,25)22(13-20(23)21-16(2)14-26-3)18-7-5-6-8-19(18)27-4/h5-12,16H,13-14H2,1-4H3,(H,21,23)/t16-/m1/s1. The average molecular weight is 407 g/mol. The largest absolute Gasteiger partial charge is 0.495 e. The molecule has 0 aliphatic rings. The highest BCUT2D eigenvalue weighted by Crippen LogP contribution is 2.32. The summed E-state index contributed by atoms with van der Waals surface area (Å²) in [6.45, 7) is 3.60. The van der Waals surface area contributed by atoms with Gasteiger partial charge in [0, 0.05) is 13.2 Å². The van der Waals surface area contributed by atoms with Gasteiger partial charge in [0.15, 0.2) is 0 Å². The molecule has 0 saturated carbocycles. The molecule has 0 aliphatic carbocycles. The zero-order valence-electron chi connectivity index (χ0n) is 16.5. The van der Waals surface area contributed by atoms with E-state index in [-0.39, 0.29) is 17.5 Å². The van der Waals surface area contributed by atoms with Gasteiger partial charge in [-0.15, -0.1) is 0 Å². The Bertz CT molecular complexity index is 897. The SMILES string of the molecule is COC[C@@H](C)NC(=O)CN(c1ccccc1OC)S(=O)(=O)c1ccc(C)cc1. The van der Waals surface area contributed by atoms with Crippen molar-refractivity contribution in [1.82, 2.24) is 5.32 Å². The minimum absolute atomic E-state index is 0.0988. The first-order valence-corrected chi connectivity index (χ1v) is 10.2. The third-order valence-corrected chi connectivity index (χ3v) is 5.85. The van der Waals surface area contributed by atoms with E-state index in [0.717, 1.165) is 9.87 Å². The number of rotatable bonds is 9. The van der Waals surface area contributed by atoms with E-state index >= 15 is 0 Å². The van der Waals surface area contributed by atoms with E-state index in [1.807, 2.05) is 6.92 Å². The molecule has 1 amide bonds. The molecule has 152 valence electrons. The summed E-state index contributed by atoms with van der Waals surface area (Å²) in [5.74, 6) is -0.0814. The Morgan fingerprint density at radius 2 is 1.75 bits per heavy atom. The molecule has 0 fully saturated rings. The summed E-state index contributed by atoms with van der Waals surface area (Å²) in [7, 11) is -0.997. The van der Waals surface area contributed by atoms with Crippen molar-refractivity contribution in [2.24, 2.45) is 0 Å². The van der Waals surface area contributed by atoms with Crippen LogP contribution in [0.2, 0.25) is 0 Å². The summed E-state index contributed by atoms with van der Waals surface area (Å²) in [5.41, 5.74) is 1.23. The van der Waals surface area contributed by atoms with Crippen molar-refractivity contribution in [1.29, 1.82) is 0 Å². The number of hydrogen-bond donors (Lipinski definition) is 1. The average Bonchev–Trinajstić information content (AvgIpc) is 2.66. The molecule has 2 aromatic rings. The number of amides is 1. The van der Waals surface area contributed by atoms with Gasteiger partial charge in [0.1, 0.15) is 12.3 Å². The van der Waals surface area contributed by atoms with Crippen LogP contribution < -0.4 is 14.4 Å². The van der Waals surface area contributed by atoms with Crippen molar-refractivity contribution in [3.05, 3.63) is 54.1 Å². The van der Waals surface area contributed by atoms with Gasteiger partial charge in [-0.1, -0.05) is 29.8 Å². The summed E-state index contributed by atoms with van der Waals surface area (Å²) < 4.78 is 38.0. The van der Waals surface area contributed by atoms with Gasteiger partial charge in [-0.2, -0.15) is 0 Å². The first kappa shape index (κ1) is 21.7. The van der Waals surface area contributed by atoms with Crippen LogP contribution in [-0.2, 0) is 19.6 Å². The molecular weight excluding hydrogens is 380 g/mol. The van der Waals surface area contributed by atoms with Crippen molar-refractivity contribution in [2.45, 2.75) is 24.8 Å². The lowest BCUT2D eigenvalue weighted by atomic mass is 10.2. The van der Waals surface area contributed by atoms with E-state index in [0.29, 0.717) is 18.0 Å². The quantitative estimate of drug-likeness (QED) is 0.691. The van der Waals surface area contributed by atoms with Crippen LogP contribution in [-0.4, -0.2) is 47.7 Å². The minimum atomic E-state index is -3.99. The molecule has 0 spiro atoms. The van der Waals surface area contributed by atoms with E-state index in [2.05, 4.69) is 5.32 Å². The fourth-order valence-electron chi connectivity index (χ4n) is 2.72. The number of anilines is 1. The number of sulfonamides is 1. The van der Waals surface area contributed by atoms with Gasteiger partial charge in [0.2, 0.25) is 5.91 Å². The number of hydrogen-bond acceptors (Lipinski definition) is 5. The van der Waals surface area contributed by atoms with Gasteiger partial charge in [0.25, 0.3) is 10.0 Å². The molecule has 8 heteroatoms. The van der Waals surface area contributed by atoms with E-state index < -0.39 is 15.9 Å². The first-order chi connectivity index (χ1) is 13.3. The van der Waals surface area contributed by atoms with Crippen LogP contribution in [0.25, 0.3) is 0 Å². The summed E-state index contributed by atoms with van der Waals surface area (Å²) in [5, 5.41) is 2.74. The molecule has 0 aliphatic heterocycles. The summed E-state index contributed by atoms with van der Waals surface area (Å²) in [6, 6.07) is 12.9. The van der Waals surface area contributed by atoms with Crippen LogP contribution in [0.3, 0.4) is 0 Å². The second kappa shape index (κ2) is 9.57. The fourth-order valence-corrected chi connectivity index (χ4v) is 4.15. The highest BCUT2D eigenvalue weighted by molar-refractivity contribution is 7.92. The molecule has 2 rings (SSSR count). The van der Waals surface area contributed by atoms with E-state index in [4.69, 9.17) is 9.47 Å². The molecule has 0 aromatic heterocycles. The van der Waals surface area contributed by atoms with E-state index in [9.17, 15) is 13.2 Å². The molecule has 7 nitrogen and oxygen atoms in total. The molecule has 2 aromatic carbocycles. The number of aryl methyl sites for hydroxylation is 1. The fraction of sp³-hybridized carbons (Fsp3) is 0.350. The Balaban J connectivity index is 2.44. The number of carbonyl (C=O) groups is 1. The maximum Gasteiger partial charge on any atom is 0.264 e. The number of benzene rings is 2. The third kappa shape index (κ3) is 5.24. The first-order valence-electron chi connectivity index (χ1n) is 8.80. The lowest BCUT2D eigenvalue weighted by Gasteiger charge is -2.26. The van der Waals surface area contributed by atoms with Crippen LogP contribution in [0.1, 0.15) is 12.5 Å². The third-order valence-electron chi connectivity index (χ3n) is 4.07. The van der Waals surface area contributed by atoms with Crippen LogP contribution in [0.15, 0.2) is 53.4 Å². The van der Waals surface area contributed by atoms with Crippen LogP contribution in [0.5, 0.6) is 5.75 Å². The van der Waals surface area contributed by atoms with Crippen molar-refractivity contribution in [2.75, 3.05) is 31.7 Å². The van der Waals surface area contributed by atoms with E-state index in [1.165, 1.54) is 26.4 Å². The lowest BCUT2D eigenvalue weighted by Crippen LogP contribution is -2.44. The molecule has 1 N–H and O–H groups in total. The maximum absolute atomic E-state index is 13.3. The number of nitrogens with zero attached hydrogens (tertiary/aromatic N) is 1. The highest BCUT2D eigenvalue weighted by Gasteiger charge is 2.29. The Hall–Kier alpha value is -2.58. The van der Waals surface area contributed by atoms with Gasteiger partial charge >= 0.3 is 0 Å². The predicted molar refractivity (Wildman–Crippen MR) is 108 cm³/mol. The molecule has 0 saturated heterocycles. The lowest BCUT2D eigenvalue weighted by molar-refractivity contribution is -0.120. The van der Waals surface area contributed by atoms with Gasteiger partial charge in [-0.3, -0.25) is 9.10 Å². The zero-order chi connectivity index (χ0) is 20.7. The van der Waals surface area contributed by atoms with Gasteiger partial charge in [-0.05, 0) is 38.1 Å². The molecule has 1 atom stereocenters. The highest BCUT2D eigenvalue weighted by atomic mass is 32.2. The molecule has 0 radical (unpaired) electrons. The zero-order valence-corrected chi connectivity index (χ0v) is 17.3. The van der Waals surface area contributed by atoms with Gasteiger partial charge < -0.3 is 14.8 Å². The van der Waals surface area contributed by atoms with Crippen molar-refractivity contribution < 1.29 is 22.7 Å². The Morgan fingerprint density at radius 1 is 1.11 bits per heavy atom. The second-order valence-corrected chi connectivity index (χ2v) is 8.28. The summed E-state index contributed by atoms with van der Waals surface area (Å²) >= 11 is 0. The summed E-state index contributed by atoms with van der Waals surface area (Å²) in [6.07, 6.45) is 0. The molecule has 28 heavy (non-hydrogen) atoms. The Kier molecular flexibility index (Phi) is 7.42. The number of methoxy groups -OCH3 is 2. The topological polar surface area (TPSA) is 84.9 Å². The van der Waals surface area contributed by atoms with Crippen LogP contribution in [0, 0.1) is 6.92 Å². The van der Waals surface area contributed by atoms with Crippen LogP contribution >= 0.6 is 0 Å². The number of nitrogens with one attached hydrogen (secondary N) is 1. The Labute approximate surface area is 166 Å².